The number of aromatic nitrogens is 1. The summed E-state index contributed by atoms with van der Waals surface area (Å²) in [5, 5.41) is 10.6. The highest BCUT2D eigenvalue weighted by molar-refractivity contribution is 5.94. The molecule has 1 N–H and O–H groups in total. The molecule has 1 amide bonds. The second-order valence-corrected chi connectivity index (χ2v) is 13.0. The highest BCUT2D eigenvalue weighted by Crippen LogP contribution is 2.75. The van der Waals surface area contributed by atoms with Crippen LogP contribution in [-0.2, 0) is 18.4 Å². The van der Waals surface area contributed by atoms with Crippen LogP contribution in [-0.4, -0.2) is 57.1 Å². The molecule has 3 saturated carbocycles. The molecular formula is C31H37N3O3. The number of aromatic hydroxyl groups is 1. The smallest absolute Gasteiger partial charge is 0.255 e. The predicted molar refractivity (Wildman–Crippen MR) is 141 cm³/mol. The number of phenols is 1. The highest BCUT2D eigenvalue weighted by Gasteiger charge is 2.76. The Balaban J connectivity index is 1.22. The third-order valence-corrected chi connectivity index (χ3v) is 11.6. The molecule has 3 heterocycles. The first kappa shape index (κ1) is 22.4. The largest absolute Gasteiger partial charge is 0.508 e. The second-order valence-electron chi connectivity index (χ2n) is 13.0. The number of aryl methyl sites for hydroxylation is 1. The molecule has 6 heteroatoms. The molecule has 2 aromatic rings. The third-order valence-electron chi connectivity index (χ3n) is 11.6. The summed E-state index contributed by atoms with van der Waals surface area (Å²) in [7, 11) is 0. The first-order valence-corrected chi connectivity index (χ1v) is 14.5. The Hall–Kier alpha value is -2.60. The van der Waals surface area contributed by atoms with Crippen LogP contribution in [0, 0.1) is 23.2 Å². The van der Waals surface area contributed by atoms with Crippen molar-refractivity contribution >= 4 is 5.91 Å². The molecule has 0 unspecified atom stereocenters. The average Bonchev–Trinajstić information content (AvgIpc) is 3.59. The van der Waals surface area contributed by atoms with E-state index in [2.05, 4.69) is 21.9 Å². The summed E-state index contributed by atoms with van der Waals surface area (Å²) in [5.41, 5.74) is 3.73. The Morgan fingerprint density at radius 3 is 2.81 bits per heavy atom. The number of carbonyl (C=O) groups excluding carboxylic acids is 1. The summed E-state index contributed by atoms with van der Waals surface area (Å²) in [6.45, 7) is 5.74. The maximum atomic E-state index is 13.9. The SMILES string of the molecule is CCn1cc(C(=O)N2C[C@H]3C[C@@]45CC[C@@H]2[C@@H]3[C@@]42CCN(CC3CC3)[C@@H]5Cc3ccc(O)cc32)ccc1=O. The Kier molecular flexibility index (Phi) is 4.53. The van der Waals surface area contributed by atoms with Gasteiger partial charge < -0.3 is 14.6 Å². The van der Waals surface area contributed by atoms with Gasteiger partial charge >= 0.3 is 0 Å². The lowest BCUT2D eigenvalue weighted by Gasteiger charge is -2.66. The van der Waals surface area contributed by atoms with Crippen LogP contribution in [0.3, 0.4) is 0 Å². The summed E-state index contributed by atoms with van der Waals surface area (Å²) in [6, 6.07) is 10.3. The third kappa shape index (κ3) is 2.80. The van der Waals surface area contributed by atoms with E-state index in [0.29, 0.717) is 35.7 Å². The number of hydrogen-bond donors (Lipinski definition) is 1. The van der Waals surface area contributed by atoms with Crippen molar-refractivity contribution in [2.45, 2.75) is 75.9 Å². The van der Waals surface area contributed by atoms with Gasteiger partial charge in [0.15, 0.2) is 0 Å². The summed E-state index contributed by atoms with van der Waals surface area (Å²) in [5.74, 6) is 2.31. The number of rotatable bonds is 4. The van der Waals surface area contributed by atoms with Crippen molar-refractivity contribution in [3.63, 3.8) is 0 Å². The Bertz CT molecular complexity index is 1360. The van der Waals surface area contributed by atoms with Crippen molar-refractivity contribution in [1.29, 1.82) is 0 Å². The van der Waals surface area contributed by atoms with Crippen molar-refractivity contribution in [3.05, 3.63) is 63.6 Å². The molecule has 2 saturated heterocycles. The van der Waals surface area contributed by atoms with E-state index in [1.165, 1.54) is 43.4 Å². The van der Waals surface area contributed by atoms with Gasteiger partial charge in [-0.05, 0) is 111 Å². The lowest BCUT2D eigenvalue weighted by Crippen LogP contribution is -2.69. The van der Waals surface area contributed by atoms with Gasteiger partial charge in [0, 0.05) is 49.4 Å². The molecule has 4 aliphatic carbocycles. The van der Waals surface area contributed by atoms with Crippen LogP contribution < -0.4 is 5.56 Å². The topological polar surface area (TPSA) is 65.8 Å². The fourth-order valence-electron chi connectivity index (χ4n) is 10.2. The zero-order valence-electron chi connectivity index (χ0n) is 21.7. The zero-order chi connectivity index (χ0) is 25.1. The van der Waals surface area contributed by atoms with E-state index in [4.69, 9.17) is 0 Å². The summed E-state index contributed by atoms with van der Waals surface area (Å²) >= 11 is 0. The number of benzene rings is 1. The first-order chi connectivity index (χ1) is 17.9. The molecule has 2 aliphatic heterocycles. The van der Waals surface area contributed by atoms with Gasteiger partial charge in [-0.15, -0.1) is 0 Å². The number of amides is 1. The van der Waals surface area contributed by atoms with Crippen LogP contribution in [0.15, 0.2) is 41.3 Å². The molecule has 8 rings (SSSR count). The van der Waals surface area contributed by atoms with E-state index in [1.54, 1.807) is 22.9 Å². The zero-order valence-corrected chi connectivity index (χ0v) is 21.7. The minimum Gasteiger partial charge on any atom is -0.508 e. The van der Waals surface area contributed by atoms with E-state index in [0.717, 1.165) is 38.3 Å². The maximum absolute atomic E-state index is 13.9. The van der Waals surface area contributed by atoms with Gasteiger partial charge in [-0.2, -0.15) is 0 Å². The summed E-state index contributed by atoms with van der Waals surface area (Å²) in [4.78, 5) is 31.1. The number of likely N-dealkylation sites (tertiary alicyclic amines) is 2. The van der Waals surface area contributed by atoms with Crippen LogP contribution >= 0.6 is 0 Å². The van der Waals surface area contributed by atoms with Gasteiger partial charge in [0.1, 0.15) is 5.75 Å². The minimum atomic E-state index is -0.0544. The summed E-state index contributed by atoms with van der Waals surface area (Å²) < 4.78 is 1.63. The number of phenolic OH excluding ortho intramolecular Hbond substituents is 1. The fraction of sp³-hybridized carbons (Fsp3) is 0.613. The first-order valence-electron chi connectivity index (χ1n) is 14.5. The normalized spacial score (nSPS) is 37.4. The van der Waals surface area contributed by atoms with Crippen LogP contribution in [0.5, 0.6) is 5.75 Å². The molecule has 194 valence electrons. The van der Waals surface area contributed by atoms with E-state index in [-0.39, 0.29) is 28.3 Å². The van der Waals surface area contributed by atoms with Gasteiger partial charge in [0.2, 0.25) is 0 Å². The van der Waals surface area contributed by atoms with Crippen molar-refractivity contribution in [2.75, 3.05) is 19.6 Å². The minimum absolute atomic E-state index is 0.0505. The molecule has 1 aromatic heterocycles. The average molecular weight is 500 g/mol. The van der Waals surface area contributed by atoms with Gasteiger partial charge in [0.05, 0.1) is 5.56 Å². The van der Waals surface area contributed by atoms with Gasteiger partial charge in [-0.3, -0.25) is 14.5 Å². The quantitative estimate of drug-likeness (QED) is 0.695. The van der Waals surface area contributed by atoms with Crippen molar-refractivity contribution in [3.8, 4) is 5.75 Å². The van der Waals surface area contributed by atoms with Crippen LogP contribution in [0.25, 0.3) is 0 Å². The number of piperidine rings is 1. The number of pyridine rings is 1. The van der Waals surface area contributed by atoms with Crippen LogP contribution in [0.4, 0.5) is 0 Å². The Morgan fingerprint density at radius 1 is 1.14 bits per heavy atom. The van der Waals surface area contributed by atoms with Gasteiger partial charge in [-0.25, -0.2) is 0 Å². The molecule has 4 bridgehead atoms. The number of fused-ring (bicyclic) bond motifs is 1. The van der Waals surface area contributed by atoms with Crippen molar-refractivity contribution < 1.29 is 9.90 Å². The molecule has 0 spiro atoms. The van der Waals surface area contributed by atoms with E-state index in [1.807, 2.05) is 13.0 Å². The van der Waals surface area contributed by atoms with Gasteiger partial charge in [-0.1, -0.05) is 6.07 Å². The molecule has 5 fully saturated rings. The van der Waals surface area contributed by atoms with Crippen LogP contribution in [0.1, 0.15) is 66.9 Å². The molecule has 1 aromatic carbocycles. The highest BCUT2D eigenvalue weighted by atomic mass is 16.3. The van der Waals surface area contributed by atoms with E-state index >= 15 is 0 Å². The number of carbonyl (C=O) groups is 1. The monoisotopic (exact) mass is 499 g/mol. The summed E-state index contributed by atoms with van der Waals surface area (Å²) in [6.07, 6.45) is 10.2. The second kappa shape index (κ2) is 7.49. The molecule has 6 nitrogen and oxygen atoms in total. The molecule has 6 aliphatic rings. The van der Waals surface area contributed by atoms with Crippen molar-refractivity contribution in [1.82, 2.24) is 14.4 Å². The molecule has 0 radical (unpaired) electrons. The lowest BCUT2D eigenvalue weighted by molar-refractivity contribution is -0.102. The Morgan fingerprint density at radius 2 is 2.00 bits per heavy atom. The van der Waals surface area contributed by atoms with Gasteiger partial charge in [0.25, 0.3) is 11.5 Å². The fourth-order valence-corrected chi connectivity index (χ4v) is 10.2. The predicted octanol–water partition coefficient (Wildman–Crippen LogP) is 3.79. The molecule has 6 atom stereocenters. The Labute approximate surface area is 218 Å². The number of hydrogen-bond acceptors (Lipinski definition) is 4. The lowest BCUT2D eigenvalue weighted by atomic mass is 9.43. The molecular weight excluding hydrogens is 462 g/mol. The standard InChI is InChI=1S/C31H37N3O3/c1-2-32-17-21(6-8-27(32)36)29(37)34-18-22-15-30-10-9-25(34)28(22)31(30)11-12-33(16-19-3-4-19)26(30)13-20-5-7-23(35)14-24(20)31/h5-8,14,17,19,22,25-26,28,35H,2-4,9-13,15-16,18H2,1H3/t22-,25-,26-,28-,30-,31+/m1/s1. The van der Waals surface area contributed by atoms with Crippen molar-refractivity contribution in [2.24, 2.45) is 23.2 Å². The number of nitrogens with zero attached hydrogens (tertiary/aromatic N) is 3. The molecule has 37 heavy (non-hydrogen) atoms. The maximum Gasteiger partial charge on any atom is 0.255 e. The van der Waals surface area contributed by atoms with E-state index < -0.39 is 0 Å². The van der Waals surface area contributed by atoms with Crippen LogP contribution in [0.2, 0.25) is 0 Å². The van der Waals surface area contributed by atoms with E-state index in [9.17, 15) is 14.7 Å².